The molecule has 22 heteroatoms. The number of aromatic nitrogens is 4. The van der Waals surface area contributed by atoms with E-state index in [9.17, 15) is 28.8 Å². The summed E-state index contributed by atoms with van der Waals surface area (Å²) in [6, 6.07) is 0. The van der Waals surface area contributed by atoms with E-state index < -0.39 is 54.6 Å². The molecule has 176 valence electrons. The molecule has 32 heavy (non-hydrogen) atoms. The fourth-order valence-electron chi connectivity index (χ4n) is 2.62. The van der Waals surface area contributed by atoms with Gasteiger partial charge in [0.1, 0.15) is 30.2 Å². The van der Waals surface area contributed by atoms with E-state index in [0.717, 1.165) is 6.33 Å². The fourth-order valence-corrected chi connectivity index (χ4v) is 5.65. The van der Waals surface area contributed by atoms with Gasteiger partial charge in [-0.05, 0) is 0 Å². The van der Waals surface area contributed by atoms with E-state index in [2.05, 4.69) is 28.1 Å². The molecule has 0 radical (unpaired) electrons. The minimum absolute atomic E-state index is 0. The molecule has 4 unspecified atom stereocenters. The average molecular weight is 547 g/mol. The van der Waals surface area contributed by atoms with Gasteiger partial charge >= 0.3 is 74.9 Å². The van der Waals surface area contributed by atoms with Crippen LogP contribution in [0.25, 0.3) is 11.2 Å². The first kappa shape index (κ1) is 28.5. The number of rotatable bonds is 8. The van der Waals surface area contributed by atoms with Crippen LogP contribution in [0.5, 0.6) is 0 Å². The summed E-state index contributed by atoms with van der Waals surface area (Å²) in [6.45, 7) is -0.956. The quantitative estimate of drug-likeness (QED) is 0.135. The number of hydrogen-bond donors (Lipinski definition) is 7. The summed E-state index contributed by atoms with van der Waals surface area (Å²) < 4.78 is 51.9. The number of anilines is 1. The topological polar surface area (TPSA) is 279 Å². The van der Waals surface area contributed by atoms with Crippen molar-refractivity contribution in [1.29, 1.82) is 0 Å². The van der Waals surface area contributed by atoms with Crippen molar-refractivity contribution in [3.63, 3.8) is 0 Å². The van der Waals surface area contributed by atoms with Gasteiger partial charge < -0.3 is 40.3 Å². The molecule has 2 aromatic rings. The second-order valence-electron chi connectivity index (χ2n) is 6.02. The molecular formula is C10H17KN5O13P3. The van der Waals surface area contributed by atoms with Gasteiger partial charge in [-0.15, -0.1) is 0 Å². The Labute approximate surface area is 220 Å². The van der Waals surface area contributed by atoms with Gasteiger partial charge in [-0.2, -0.15) is 8.62 Å². The molecule has 0 amide bonds. The predicted molar refractivity (Wildman–Crippen MR) is 103 cm³/mol. The van der Waals surface area contributed by atoms with Crippen LogP contribution in [0.15, 0.2) is 12.7 Å². The molecule has 0 aliphatic carbocycles. The predicted octanol–water partition coefficient (Wildman–Crippen LogP) is -2.28. The van der Waals surface area contributed by atoms with E-state index >= 15 is 0 Å². The summed E-state index contributed by atoms with van der Waals surface area (Å²) in [6.07, 6.45) is -3.69. The number of imidazole rings is 1. The third-order valence-corrected chi connectivity index (χ3v) is 7.62. The molecule has 6 atom stereocenters. The van der Waals surface area contributed by atoms with Crippen molar-refractivity contribution < 1.29 is 61.4 Å². The number of nitrogens with two attached hydrogens (primary N) is 1. The van der Waals surface area contributed by atoms with Crippen LogP contribution >= 0.6 is 23.5 Å². The van der Waals surface area contributed by atoms with Gasteiger partial charge in [0, 0.05) is 0 Å². The van der Waals surface area contributed by atoms with E-state index in [1.807, 2.05) is 0 Å². The second kappa shape index (κ2) is 10.5. The van der Waals surface area contributed by atoms with E-state index in [1.54, 1.807) is 0 Å². The summed E-state index contributed by atoms with van der Waals surface area (Å²) in [5, 5.41) is 20.4. The van der Waals surface area contributed by atoms with Crippen molar-refractivity contribution in [2.45, 2.75) is 24.5 Å². The second-order valence-corrected chi connectivity index (χ2v) is 10.4. The number of nitrogen functional groups attached to an aromatic ring is 1. The van der Waals surface area contributed by atoms with Crippen LogP contribution in [0.4, 0.5) is 5.82 Å². The molecule has 1 fully saturated rings. The van der Waals surface area contributed by atoms with Crippen molar-refractivity contribution in [2.24, 2.45) is 0 Å². The van der Waals surface area contributed by atoms with Crippen molar-refractivity contribution in [3.8, 4) is 0 Å². The molecule has 0 aromatic carbocycles. The fraction of sp³-hybridized carbons (Fsp3) is 0.500. The summed E-state index contributed by atoms with van der Waals surface area (Å²) >= 11 is 0. The molecule has 1 saturated heterocycles. The average Bonchev–Trinajstić information content (AvgIpc) is 3.13. The Morgan fingerprint density at radius 3 is 2.31 bits per heavy atom. The minimum atomic E-state index is -5.70. The third kappa shape index (κ3) is 6.91. The number of fused-ring (bicyclic) bond motifs is 1. The van der Waals surface area contributed by atoms with Crippen molar-refractivity contribution in [2.75, 3.05) is 12.3 Å². The molecule has 0 bridgehead atoms. The van der Waals surface area contributed by atoms with Gasteiger partial charge in [-0.3, -0.25) is 9.09 Å². The Kier molecular flexibility index (Phi) is 9.35. The first-order valence-electron chi connectivity index (χ1n) is 7.92. The molecule has 3 heterocycles. The Bertz CT molecular complexity index is 1110. The normalized spacial score (nSPS) is 27.6. The number of ether oxygens (including phenoxy) is 1. The van der Waals surface area contributed by atoms with Gasteiger partial charge in [0.15, 0.2) is 17.7 Å². The van der Waals surface area contributed by atoms with Gasteiger partial charge in [0.05, 0.1) is 12.9 Å². The SMILES string of the molecule is Nc1ncnc2c1ncn2[C@@H]1O[C@H](COP(=O)(O)OP(=O)(O)OP(=O)(O)O)C(O)C1O.[KH]. The third-order valence-electron chi connectivity index (χ3n) is 3.82. The van der Waals surface area contributed by atoms with Crippen molar-refractivity contribution >= 4 is 91.8 Å². The molecule has 8 N–H and O–H groups in total. The van der Waals surface area contributed by atoms with Crippen LogP contribution < -0.4 is 5.73 Å². The Morgan fingerprint density at radius 1 is 1.03 bits per heavy atom. The molecule has 2 aromatic heterocycles. The van der Waals surface area contributed by atoms with Gasteiger partial charge in [-0.1, -0.05) is 0 Å². The van der Waals surface area contributed by atoms with E-state index in [-0.39, 0.29) is 68.4 Å². The number of aliphatic hydroxyl groups is 2. The standard InChI is InChI=1S/C10H16N5O13P3.K.H/c11-8-5-9(13-2-12-8)15(3-14-5)10-7(17)6(16)4(26-10)1-25-30(21,22)28-31(23,24)27-29(18,19)20;;/h2-4,6-7,10,16-17H,1H2,(H,21,22)(H,23,24)(H2,11,12,13)(H2,18,19,20);;/t4-,6?,7?,10-;;/m1../s1. The molecule has 0 spiro atoms. The van der Waals surface area contributed by atoms with Crippen molar-refractivity contribution in [3.05, 3.63) is 12.7 Å². The van der Waals surface area contributed by atoms with Crippen LogP contribution in [0.1, 0.15) is 6.23 Å². The Balaban J connectivity index is 0.00000363. The summed E-state index contributed by atoms with van der Waals surface area (Å²) in [5.74, 6) is 0.0426. The van der Waals surface area contributed by atoms with E-state index in [0.29, 0.717) is 0 Å². The van der Waals surface area contributed by atoms with E-state index in [4.69, 9.17) is 25.2 Å². The summed E-state index contributed by atoms with van der Waals surface area (Å²) in [7, 11) is -16.7. The number of nitrogens with zero attached hydrogens (tertiary/aromatic N) is 4. The summed E-state index contributed by atoms with van der Waals surface area (Å²) in [4.78, 5) is 47.2. The van der Waals surface area contributed by atoms with E-state index in [1.165, 1.54) is 10.9 Å². The van der Waals surface area contributed by atoms with Crippen LogP contribution in [0.3, 0.4) is 0 Å². The number of phosphoric ester groups is 1. The van der Waals surface area contributed by atoms with Crippen LogP contribution in [-0.4, -0.2) is 126 Å². The maximum atomic E-state index is 11.8. The molecule has 3 rings (SSSR count). The Hall–Kier alpha value is 0.276. The molecule has 1 aliphatic rings. The Morgan fingerprint density at radius 2 is 1.69 bits per heavy atom. The number of aliphatic hydroxyl groups excluding tert-OH is 2. The van der Waals surface area contributed by atoms with Gasteiger partial charge in [-0.25, -0.2) is 28.6 Å². The first-order chi connectivity index (χ1) is 14.2. The van der Waals surface area contributed by atoms with Crippen LogP contribution in [0, 0.1) is 0 Å². The first-order valence-corrected chi connectivity index (χ1v) is 12.4. The molecule has 0 saturated carbocycles. The number of phosphoric acid groups is 3. The molecule has 1 aliphatic heterocycles. The zero-order valence-electron chi connectivity index (χ0n) is 14.9. The zero-order valence-corrected chi connectivity index (χ0v) is 17.6. The van der Waals surface area contributed by atoms with Crippen LogP contribution in [-0.2, 0) is 31.6 Å². The van der Waals surface area contributed by atoms with Gasteiger partial charge in [0.2, 0.25) is 0 Å². The molecular weight excluding hydrogens is 530 g/mol. The summed E-state index contributed by atoms with van der Waals surface area (Å²) in [5.41, 5.74) is 6.00. The maximum absolute atomic E-state index is 11.8. The van der Waals surface area contributed by atoms with Crippen molar-refractivity contribution in [1.82, 2.24) is 19.5 Å². The van der Waals surface area contributed by atoms with Gasteiger partial charge in [0.25, 0.3) is 0 Å². The molecule has 18 nitrogen and oxygen atoms in total. The zero-order chi connectivity index (χ0) is 23.2. The van der Waals surface area contributed by atoms with Crippen LogP contribution in [0.2, 0.25) is 0 Å². The monoisotopic (exact) mass is 547 g/mol. The number of hydrogen-bond acceptors (Lipinski definition) is 13.